The summed E-state index contributed by atoms with van der Waals surface area (Å²) in [6, 6.07) is 19.8. The second kappa shape index (κ2) is 10.1. The number of hydrogen-bond acceptors (Lipinski definition) is 4. The summed E-state index contributed by atoms with van der Waals surface area (Å²) in [5.41, 5.74) is 5.06. The van der Waals surface area contributed by atoms with E-state index in [4.69, 9.17) is 9.84 Å². The molecule has 0 aromatic heterocycles. The normalized spacial score (nSPS) is 12.9. The van der Waals surface area contributed by atoms with Gasteiger partial charge < -0.3 is 15.2 Å². The lowest BCUT2D eigenvalue weighted by atomic mass is 9.98. The number of benzene rings is 3. The molecule has 0 saturated heterocycles. The van der Waals surface area contributed by atoms with Crippen molar-refractivity contribution >= 4 is 39.6 Å². The zero-order valence-electron chi connectivity index (χ0n) is 18.4. The van der Waals surface area contributed by atoms with E-state index in [2.05, 4.69) is 38.7 Å². The van der Waals surface area contributed by atoms with Gasteiger partial charge in [-0.05, 0) is 62.8 Å². The molecule has 0 radical (unpaired) electrons. The number of carbonyl (C=O) groups is 3. The summed E-state index contributed by atoms with van der Waals surface area (Å²) in [7, 11) is 0. The van der Waals surface area contributed by atoms with Crippen molar-refractivity contribution in [2.75, 3.05) is 11.9 Å². The Morgan fingerprint density at radius 1 is 1.00 bits per heavy atom. The molecule has 1 atom stereocenters. The van der Waals surface area contributed by atoms with Crippen molar-refractivity contribution in [1.82, 2.24) is 5.32 Å². The zero-order chi connectivity index (χ0) is 24.2. The number of carboxylic acid groups (broad SMARTS) is 1. The highest BCUT2D eigenvalue weighted by Crippen LogP contribution is 2.44. The zero-order valence-corrected chi connectivity index (χ0v) is 20.0. The molecule has 2 amide bonds. The monoisotopic (exact) mass is 522 g/mol. The summed E-state index contributed by atoms with van der Waals surface area (Å²) in [5, 5.41) is 14.3. The largest absolute Gasteiger partial charge is 0.480 e. The van der Waals surface area contributed by atoms with Crippen LogP contribution in [0.4, 0.5) is 10.5 Å². The lowest BCUT2D eigenvalue weighted by Gasteiger charge is -2.16. The van der Waals surface area contributed by atoms with E-state index < -0.39 is 24.0 Å². The van der Waals surface area contributed by atoms with Crippen molar-refractivity contribution in [2.45, 2.75) is 25.3 Å². The van der Waals surface area contributed by atoms with Crippen molar-refractivity contribution < 1.29 is 24.2 Å². The number of aliphatic carboxylic acids is 1. The number of nitrogens with one attached hydrogen (secondary N) is 2. The summed E-state index contributed by atoms with van der Waals surface area (Å²) in [4.78, 5) is 36.3. The van der Waals surface area contributed by atoms with E-state index in [1.165, 1.54) is 12.1 Å². The maximum Gasteiger partial charge on any atom is 0.411 e. The van der Waals surface area contributed by atoms with Crippen molar-refractivity contribution in [3.05, 3.63) is 87.9 Å². The van der Waals surface area contributed by atoms with Gasteiger partial charge >= 0.3 is 12.1 Å². The van der Waals surface area contributed by atoms with E-state index in [0.717, 1.165) is 22.3 Å². The van der Waals surface area contributed by atoms with Gasteiger partial charge in [-0.3, -0.25) is 10.1 Å². The molecule has 3 aromatic carbocycles. The number of carbonyl (C=O) groups excluding carboxylic acids is 2. The van der Waals surface area contributed by atoms with Gasteiger partial charge in [0, 0.05) is 16.0 Å². The summed E-state index contributed by atoms with van der Waals surface area (Å²) in [6.45, 7) is 1.83. The van der Waals surface area contributed by atoms with Crippen molar-refractivity contribution in [3.63, 3.8) is 0 Å². The van der Waals surface area contributed by atoms with Crippen LogP contribution in [0, 0.1) is 0 Å². The first-order valence-electron chi connectivity index (χ1n) is 10.8. The predicted molar refractivity (Wildman–Crippen MR) is 132 cm³/mol. The Labute approximate surface area is 205 Å². The summed E-state index contributed by atoms with van der Waals surface area (Å²) >= 11 is 3.36. The highest BCUT2D eigenvalue weighted by molar-refractivity contribution is 9.10. The topological polar surface area (TPSA) is 105 Å². The molecule has 3 aromatic rings. The van der Waals surface area contributed by atoms with E-state index in [1.54, 1.807) is 13.0 Å². The van der Waals surface area contributed by atoms with Gasteiger partial charge in [0.1, 0.15) is 12.6 Å². The van der Waals surface area contributed by atoms with Crippen LogP contribution < -0.4 is 10.6 Å². The van der Waals surface area contributed by atoms with Crippen LogP contribution in [0.15, 0.2) is 71.2 Å². The number of fused-ring (bicyclic) bond motifs is 3. The van der Waals surface area contributed by atoms with Crippen LogP contribution in [0.2, 0.25) is 0 Å². The average Bonchev–Trinajstić information content (AvgIpc) is 3.16. The van der Waals surface area contributed by atoms with Crippen LogP contribution in [0.25, 0.3) is 11.1 Å². The molecular formula is C26H23BrN2O5. The van der Waals surface area contributed by atoms with E-state index in [9.17, 15) is 14.4 Å². The molecule has 174 valence electrons. The molecule has 0 aliphatic heterocycles. The van der Waals surface area contributed by atoms with Gasteiger partial charge in [0.2, 0.25) is 0 Å². The highest BCUT2D eigenvalue weighted by atomic mass is 79.9. The highest BCUT2D eigenvalue weighted by Gasteiger charge is 2.29. The van der Waals surface area contributed by atoms with Crippen LogP contribution in [0.3, 0.4) is 0 Å². The summed E-state index contributed by atoms with van der Waals surface area (Å²) in [6.07, 6.45) is -0.403. The minimum absolute atomic E-state index is 0.0688. The molecule has 0 saturated carbocycles. The first-order chi connectivity index (χ1) is 16.4. The number of carboxylic acids is 1. The fourth-order valence-corrected chi connectivity index (χ4v) is 4.43. The van der Waals surface area contributed by atoms with E-state index in [0.29, 0.717) is 10.2 Å². The van der Waals surface area contributed by atoms with E-state index in [1.807, 2.05) is 36.4 Å². The lowest BCUT2D eigenvalue weighted by Crippen LogP contribution is -2.40. The van der Waals surface area contributed by atoms with Crippen LogP contribution in [0.1, 0.15) is 40.7 Å². The Bertz CT molecular complexity index is 1210. The number of amides is 2. The van der Waals surface area contributed by atoms with Gasteiger partial charge in [-0.2, -0.15) is 0 Å². The fraction of sp³-hybridized carbons (Fsp3) is 0.192. The molecule has 0 heterocycles. The number of hydrogen-bond donors (Lipinski definition) is 3. The quantitative estimate of drug-likeness (QED) is 0.385. The Kier molecular flexibility index (Phi) is 6.98. The van der Waals surface area contributed by atoms with Crippen LogP contribution >= 0.6 is 15.9 Å². The van der Waals surface area contributed by atoms with Gasteiger partial charge in [-0.1, -0.05) is 55.5 Å². The first kappa shape index (κ1) is 23.5. The molecule has 0 spiro atoms. The van der Waals surface area contributed by atoms with Gasteiger partial charge in [0.05, 0.1) is 5.69 Å². The number of ether oxygens (including phenoxy) is 1. The molecule has 34 heavy (non-hydrogen) atoms. The van der Waals surface area contributed by atoms with Gasteiger partial charge in [0.15, 0.2) is 0 Å². The van der Waals surface area contributed by atoms with Crippen molar-refractivity contribution in [2.24, 2.45) is 0 Å². The van der Waals surface area contributed by atoms with Crippen molar-refractivity contribution in [1.29, 1.82) is 0 Å². The molecule has 0 unspecified atom stereocenters. The number of halogens is 1. The number of anilines is 1. The standard InChI is InChI=1S/C26H23BrN2O5/c1-2-22(25(31)32)28-24(30)15-11-12-21(27)23(13-15)29-26(33)34-14-20-18-9-5-3-7-16(18)17-8-4-6-10-19(17)20/h3-13,20,22H,2,14H2,1H3,(H,28,30)(H,29,33)(H,31,32)/t22-/m1/s1. The minimum atomic E-state index is -1.11. The molecule has 1 aliphatic carbocycles. The van der Waals surface area contributed by atoms with Crippen LogP contribution in [0.5, 0.6) is 0 Å². The summed E-state index contributed by atoms with van der Waals surface area (Å²) in [5.74, 6) is -1.72. The van der Waals surface area contributed by atoms with Crippen LogP contribution in [-0.4, -0.2) is 35.7 Å². The SMILES string of the molecule is CC[C@@H](NC(=O)c1ccc(Br)c(NC(=O)OCC2c3ccccc3-c3ccccc32)c1)C(=O)O. The minimum Gasteiger partial charge on any atom is -0.480 e. The Morgan fingerprint density at radius 2 is 1.62 bits per heavy atom. The predicted octanol–water partition coefficient (Wildman–Crippen LogP) is 5.40. The van der Waals surface area contributed by atoms with Gasteiger partial charge in [-0.25, -0.2) is 9.59 Å². The molecule has 1 aliphatic rings. The Hall–Kier alpha value is -3.65. The second-order valence-corrected chi connectivity index (χ2v) is 8.77. The molecule has 0 fully saturated rings. The molecule has 8 heteroatoms. The smallest absolute Gasteiger partial charge is 0.411 e. The molecule has 7 nitrogen and oxygen atoms in total. The first-order valence-corrected chi connectivity index (χ1v) is 11.6. The Morgan fingerprint density at radius 3 is 2.21 bits per heavy atom. The average molecular weight is 523 g/mol. The molecule has 0 bridgehead atoms. The second-order valence-electron chi connectivity index (χ2n) is 7.92. The fourth-order valence-electron chi connectivity index (χ4n) is 4.09. The lowest BCUT2D eigenvalue weighted by molar-refractivity contribution is -0.139. The third-order valence-corrected chi connectivity index (χ3v) is 6.51. The Balaban J connectivity index is 1.44. The van der Waals surface area contributed by atoms with E-state index in [-0.39, 0.29) is 24.5 Å². The summed E-state index contributed by atoms with van der Waals surface area (Å²) < 4.78 is 6.12. The van der Waals surface area contributed by atoms with Crippen molar-refractivity contribution in [3.8, 4) is 11.1 Å². The van der Waals surface area contributed by atoms with Gasteiger partial charge in [-0.15, -0.1) is 0 Å². The maximum atomic E-state index is 12.6. The van der Waals surface area contributed by atoms with Crippen LogP contribution in [-0.2, 0) is 9.53 Å². The number of rotatable bonds is 7. The molecule has 4 rings (SSSR count). The maximum absolute atomic E-state index is 12.6. The molecule has 3 N–H and O–H groups in total. The molecular weight excluding hydrogens is 500 g/mol. The third-order valence-electron chi connectivity index (χ3n) is 5.82. The third kappa shape index (κ3) is 4.82. The van der Waals surface area contributed by atoms with E-state index >= 15 is 0 Å². The van der Waals surface area contributed by atoms with Gasteiger partial charge in [0.25, 0.3) is 5.91 Å².